The molecule has 1 aromatic carbocycles. The van der Waals surface area contributed by atoms with Crippen molar-refractivity contribution >= 4 is 33.4 Å². The van der Waals surface area contributed by atoms with E-state index in [0.717, 1.165) is 25.9 Å². The molecule has 2 nitrogen and oxygen atoms in total. The second kappa shape index (κ2) is 5.19. The second-order valence-electron chi connectivity index (χ2n) is 4.00. The molecule has 1 saturated heterocycles. The molecule has 1 atom stereocenters. The van der Waals surface area contributed by atoms with Gasteiger partial charge in [-0.1, -0.05) is 33.6 Å². The zero-order valence-corrected chi connectivity index (χ0v) is 11.2. The molecule has 0 saturated carbocycles. The summed E-state index contributed by atoms with van der Waals surface area (Å²) in [4.78, 5) is 14.4. The van der Waals surface area contributed by atoms with Crippen molar-refractivity contribution in [2.75, 3.05) is 13.1 Å². The summed E-state index contributed by atoms with van der Waals surface area (Å²) in [5.74, 6) is 0.0756. The van der Waals surface area contributed by atoms with Gasteiger partial charge in [0.2, 0.25) is 0 Å². The summed E-state index contributed by atoms with van der Waals surface area (Å²) < 4.78 is 0. The quantitative estimate of drug-likeness (QED) is 0.729. The van der Waals surface area contributed by atoms with Gasteiger partial charge in [0.25, 0.3) is 5.91 Å². The predicted octanol–water partition coefficient (Wildman–Crippen LogP) is 3.34. The minimum atomic E-state index is 0.0756. The number of carbonyl (C=O) groups excluding carboxylic acids is 1. The Labute approximate surface area is 109 Å². The third-order valence-corrected chi connectivity index (χ3v) is 3.71. The van der Waals surface area contributed by atoms with Gasteiger partial charge in [-0.15, -0.1) is 0 Å². The van der Waals surface area contributed by atoms with Crippen LogP contribution in [0.2, 0.25) is 5.02 Å². The Kier molecular flexibility index (Phi) is 3.87. The highest BCUT2D eigenvalue weighted by molar-refractivity contribution is 9.09. The van der Waals surface area contributed by atoms with Gasteiger partial charge in [0.15, 0.2) is 0 Å². The van der Waals surface area contributed by atoms with E-state index in [4.69, 9.17) is 11.6 Å². The molecule has 1 aromatic rings. The molecule has 2 rings (SSSR count). The van der Waals surface area contributed by atoms with Crippen LogP contribution in [-0.2, 0) is 0 Å². The molecule has 0 N–H and O–H groups in total. The maximum Gasteiger partial charge on any atom is 0.253 e. The van der Waals surface area contributed by atoms with Crippen LogP contribution in [0.4, 0.5) is 0 Å². The van der Waals surface area contributed by atoms with Crippen molar-refractivity contribution in [3.8, 4) is 0 Å². The fraction of sp³-hybridized carbons (Fsp3) is 0.417. The van der Waals surface area contributed by atoms with Crippen molar-refractivity contribution in [3.05, 3.63) is 34.9 Å². The Hall–Kier alpha value is -0.540. The van der Waals surface area contributed by atoms with Crippen LogP contribution >= 0.6 is 27.5 Å². The number of piperidine rings is 1. The first kappa shape index (κ1) is 11.9. The summed E-state index contributed by atoms with van der Waals surface area (Å²) in [6.45, 7) is 1.62. The van der Waals surface area contributed by atoms with E-state index in [1.165, 1.54) is 0 Å². The number of benzene rings is 1. The molecule has 0 aliphatic carbocycles. The van der Waals surface area contributed by atoms with Gasteiger partial charge >= 0.3 is 0 Å². The smallest absolute Gasteiger partial charge is 0.253 e. The van der Waals surface area contributed by atoms with E-state index < -0.39 is 0 Å². The molecule has 1 unspecified atom stereocenters. The Morgan fingerprint density at radius 1 is 1.50 bits per heavy atom. The van der Waals surface area contributed by atoms with Crippen LogP contribution in [0, 0.1) is 0 Å². The number of alkyl halides is 1. The van der Waals surface area contributed by atoms with E-state index in [1.807, 2.05) is 17.0 Å². The first-order chi connectivity index (χ1) is 7.66. The largest absolute Gasteiger partial charge is 0.338 e. The lowest BCUT2D eigenvalue weighted by molar-refractivity contribution is 0.0730. The Morgan fingerprint density at radius 3 is 3.00 bits per heavy atom. The highest BCUT2D eigenvalue weighted by Gasteiger charge is 2.22. The molecular weight excluding hydrogens is 289 g/mol. The minimum absolute atomic E-state index is 0.0756. The summed E-state index contributed by atoms with van der Waals surface area (Å²) in [7, 11) is 0. The SMILES string of the molecule is O=C(c1cccc(Cl)c1)N1CCCC(Br)C1. The predicted molar refractivity (Wildman–Crippen MR) is 69.3 cm³/mol. The number of hydrogen-bond donors (Lipinski definition) is 0. The molecule has 1 fully saturated rings. The molecular formula is C12H13BrClNO. The molecule has 86 valence electrons. The van der Waals surface area contributed by atoms with Crippen LogP contribution in [0.1, 0.15) is 23.2 Å². The third-order valence-electron chi connectivity index (χ3n) is 2.72. The third kappa shape index (κ3) is 2.77. The molecule has 1 heterocycles. The fourth-order valence-corrected chi connectivity index (χ4v) is 2.78. The minimum Gasteiger partial charge on any atom is -0.338 e. The molecule has 1 amide bonds. The van der Waals surface area contributed by atoms with E-state index in [2.05, 4.69) is 15.9 Å². The first-order valence-corrected chi connectivity index (χ1v) is 6.65. The topological polar surface area (TPSA) is 20.3 Å². The number of amides is 1. The lowest BCUT2D eigenvalue weighted by Crippen LogP contribution is -2.40. The molecule has 4 heteroatoms. The number of nitrogens with zero attached hydrogens (tertiary/aromatic N) is 1. The molecule has 0 radical (unpaired) electrons. The number of halogens is 2. The Morgan fingerprint density at radius 2 is 2.31 bits per heavy atom. The van der Waals surface area contributed by atoms with Crippen LogP contribution in [0.5, 0.6) is 0 Å². The number of likely N-dealkylation sites (tertiary alicyclic amines) is 1. The lowest BCUT2D eigenvalue weighted by atomic mass is 10.1. The number of carbonyl (C=O) groups is 1. The van der Waals surface area contributed by atoms with Gasteiger partial charge in [-0.05, 0) is 31.0 Å². The molecule has 0 bridgehead atoms. The molecule has 0 aromatic heterocycles. The van der Waals surface area contributed by atoms with E-state index >= 15 is 0 Å². The van der Waals surface area contributed by atoms with Crippen LogP contribution in [0.15, 0.2) is 24.3 Å². The lowest BCUT2D eigenvalue weighted by Gasteiger charge is -2.30. The second-order valence-corrected chi connectivity index (χ2v) is 5.73. The fourth-order valence-electron chi connectivity index (χ4n) is 1.91. The Bertz CT molecular complexity index is 396. The van der Waals surface area contributed by atoms with Gasteiger partial charge in [-0.25, -0.2) is 0 Å². The average Bonchev–Trinajstić information content (AvgIpc) is 2.28. The standard InChI is InChI=1S/C12H13BrClNO/c13-10-4-2-6-15(8-10)12(16)9-3-1-5-11(14)7-9/h1,3,5,7,10H,2,4,6,8H2. The summed E-state index contributed by atoms with van der Waals surface area (Å²) in [5.41, 5.74) is 0.675. The molecule has 1 aliphatic rings. The first-order valence-electron chi connectivity index (χ1n) is 5.36. The zero-order chi connectivity index (χ0) is 11.5. The Balaban J connectivity index is 2.12. The van der Waals surface area contributed by atoms with Gasteiger partial charge in [0.1, 0.15) is 0 Å². The van der Waals surface area contributed by atoms with Gasteiger partial charge < -0.3 is 4.90 Å². The van der Waals surface area contributed by atoms with Crippen molar-refractivity contribution in [2.24, 2.45) is 0 Å². The van der Waals surface area contributed by atoms with Gasteiger partial charge in [0.05, 0.1) is 0 Å². The van der Waals surface area contributed by atoms with Crippen molar-refractivity contribution in [3.63, 3.8) is 0 Å². The highest BCUT2D eigenvalue weighted by atomic mass is 79.9. The van der Waals surface area contributed by atoms with Crippen LogP contribution in [0.25, 0.3) is 0 Å². The normalized spacial score (nSPS) is 20.9. The van der Waals surface area contributed by atoms with Crippen LogP contribution in [0.3, 0.4) is 0 Å². The van der Waals surface area contributed by atoms with Gasteiger partial charge in [0, 0.05) is 28.5 Å². The van der Waals surface area contributed by atoms with Gasteiger partial charge in [-0.3, -0.25) is 4.79 Å². The summed E-state index contributed by atoms with van der Waals surface area (Å²) in [6, 6.07) is 7.13. The van der Waals surface area contributed by atoms with Crippen molar-refractivity contribution in [1.82, 2.24) is 4.90 Å². The van der Waals surface area contributed by atoms with E-state index in [1.54, 1.807) is 12.1 Å². The monoisotopic (exact) mass is 301 g/mol. The van der Waals surface area contributed by atoms with E-state index in [-0.39, 0.29) is 5.91 Å². The summed E-state index contributed by atoms with van der Waals surface area (Å²) >= 11 is 9.44. The zero-order valence-electron chi connectivity index (χ0n) is 8.83. The number of rotatable bonds is 1. The van der Waals surface area contributed by atoms with Crippen LogP contribution < -0.4 is 0 Å². The summed E-state index contributed by atoms with van der Waals surface area (Å²) in [5, 5.41) is 0.609. The van der Waals surface area contributed by atoms with Crippen molar-refractivity contribution in [2.45, 2.75) is 17.7 Å². The molecule has 1 aliphatic heterocycles. The highest BCUT2D eigenvalue weighted by Crippen LogP contribution is 2.20. The van der Waals surface area contributed by atoms with Crippen molar-refractivity contribution < 1.29 is 4.79 Å². The molecule has 16 heavy (non-hydrogen) atoms. The van der Waals surface area contributed by atoms with Crippen molar-refractivity contribution in [1.29, 1.82) is 0 Å². The maximum atomic E-state index is 12.1. The molecule has 0 spiro atoms. The van der Waals surface area contributed by atoms with E-state index in [9.17, 15) is 4.79 Å². The van der Waals surface area contributed by atoms with Gasteiger partial charge in [-0.2, -0.15) is 0 Å². The average molecular weight is 303 g/mol. The van der Waals surface area contributed by atoms with E-state index in [0.29, 0.717) is 15.4 Å². The maximum absolute atomic E-state index is 12.1. The van der Waals surface area contributed by atoms with Crippen LogP contribution in [-0.4, -0.2) is 28.7 Å². The summed E-state index contributed by atoms with van der Waals surface area (Å²) in [6.07, 6.45) is 2.20. The number of hydrogen-bond acceptors (Lipinski definition) is 1.